The van der Waals surface area contributed by atoms with Gasteiger partial charge in [0.2, 0.25) is 0 Å². The highest BCUT2D eigenvalue weighted by Gasteiger charge is 2.29. The van der Waals surface area contributed by atoms with Crippen molar-refractivity contribution in [1.82, 2.24) is 0 Å². The van der Waals surface area contributed by atoms with Crippen LogP contribution < -0.4 is 5.32 Å². The van der Waals surface area contributed by atoms with Gasteiger partial charge in [0, 0.05) is 10.6 Å². The average Bonchev–Trinajstić information content (AvgIpc) is 2.88. The summed E-state index contributed by atoms with van der Waals surface area (Å²) in [5.74, 6) is -0.0797. The molecule has 1 fully saturated rings. The number of benzene rings is 1. The molecule has 0 aliphatic carbocycles. The maximum atomic E-state index is 12.1. The van der Waals surface area contributed by atoms with Crippen LogP contribution in [0.15, 0.2) is 23.1 Å². The Morgan fingerprint density at radius 3 is 2.89 bits per heavy atom. The van der Waals surface area contributed by atoms with Crippen LogP contribution in [0.3, 0.4) is 0 Å². The summed E-state index contributed by atoms with van der Waals surface area (Å²) in [4.78, 5) is 13.1. The van der Waals surface area contributed by atoms with Crippen LogP contribution in [0.2, 0.25) is 5.02 Å². The smallest absolute Gasteiger partial charge is 0.253 e. The van der Waals surface area contributed by atoms with E-state index < -0.39 is 0 Å². The lowest BCUT2D eigenvalue weighted by Crippen LogP contribution is -2.27. The Hall–Kier alpha value is -0.710. The molecular formula is C14H18ClNO2S. The van der Waals surface area contributed by atoms with Crippen LogP contribution in [0.5, 0.6) is 0 Å². The van der Waals surface area contributed by atoms with Gasteiger partial charge in [-0.3, -0.25) is 4.79 Å². The average molecular weight is 300 g/mol. The second-order valence-electron chi connectivity index (χ2n) is 4.57. The molecular weight excluding hydrogens is 282 g/mol. The van der Waals surface area contributed by atoms with Crippen molar-refractivity contribution in [3.05, 3.63) is 23.2 Å². The first-order valence-electron chi connectivity index (χ1n) is 6.44. The van der Waals surface area contributed by atoms with Crippen molar-refractivity contribution in [3.8, 4) is 0 Å². The zero-order chi connectivity index (χ0) is 13.8. The van der Waals surface area contributed by atoms with E-state index >= 15 is 0 Å². The fourth-order valence-corrected chi connectivity index (χ4v) is 3.04. The van der Waals surface area contributed by atoms with E-state index in [1.54, 1.807) is 17.8 Å². The van der Waals surface area contributed by atoms with E-state index in [-0.39, 0.29) is 18.1 Å². The van der Waals surface area contributed by atoms with E-state index in [4.69, 9.17) is 16.3 Å². The van der Waals surface area contributed by atoms with Crippen molar-refractivity contribution in [2.75, 3.05) is 11.6 Å². The predicted octanol–water partition coefficient (Wildman–Crippen LogP) is 3.96. The van der Waals surface area contributed by atoms with Crippen LogP contribution >= 0.6 is 23.4 Å². The topological polar surface area (TPSA) is 38.3 Å². The molecule has 0 saturated carbocycles. The minimum absolute atomic E-state index is 0.0797. The number of thioether (sulfide) groups is 1. The molecule has 0 radical (unpaired) electrons. The molecule has 1 aromatic carbocycles. The Bertz CT molecular complexity index is 467. The number of ether oxygens (including phenoxy) is 1. The third kappa shape index (κ3) is 3.65. The lowest BCUT2D eigenvalue weighted by atomic mass is 10.1. The molecule has 1 heterocycles. The Kier molecular flexibility index (Phi) is 5.13. The van der Waals surface area contributed by atoms with Gasteiger partial charge in [-0.2, -0.15) is 0 Å². The highest BCUT2D eigenvalue weighted by Crippen LogP contribution is 2.29. The number of carbonyl (C=O) groups excluding carboxylic acids is 1. The molecule has 1 amide bonds. The predicted molar refractivity (Wildman–Crippen MR) is 80.0 cm³/mol. The summed E-state index contributed by atoms with van der Waals surface area (Å²) < 4.78 is 5.67. The first kappa shape index (κ1) is 14.7. The summed E-state index contributed by atoms with van der Waals surface area (Å²) in [6.07, 6.45) is 4.57. The molecule has 2 atom stereocenters. The molecule has 2 rings (SSSR count). The third-order valence-electron chi connectivity index (χ3n) is 3.27. The number of halogens is 1. The highest BCUT2D eigenvalue weighted by atomic mass is 35.5. The van der Waals surface area contributed by atoms with Gasteiger partial charge in [-0.15, -0.1) is 11.8 Å². The maximum Gasteiger partial charge on any atom is 0.253 e. The van der Waals surface area contributed by atoms with Crippen LogP contribution in [0.4, 0.5) is 5.69 Å². The minimum Gasteiger partial charge on any atom is -0.365 e. The molecule has 0 bridgehead atoms. The van der Waals surface area contributed by atoms with Gasteiger partial charge in [0.25, 0.3) is 5.91 Å². The van der Waals surface area contributed by atoms with E-state index in [0.717, 1.165) is 29.8 Å². The van der Waals surface area contributed by atoms with Gasteiger partial charge >= 0.3 is 0 Å². The zero-order valence-corrected chi connectivity index (χ0v) is 12.7. The van der Waals surface area contributed by atoms with Crippen molar-refractivity contribution in [2.45, 2.75) is 43.3 Å². The van der Waals surface area contributed by atoms with Gasteiger partial charge in [0.05, 0.1) is 11.1 Å². The van der Waals surface area contributed by atoms with Crippen LogP contribution in [-0.2, 0) is 9.53 Å². The highest BCUT2D eigenvalue weighted by molar-refractivity contribution is 7.98. The van der Waals surface area contributed by atoms with E-state index in [0.29, 0.717) is 5.02 Å². The second kappa shape index (κ2) is 6.64. The molecule has 0 spiro atoms. The molecule has 0 aromatic heterocycles. The van der Waals surface area contributed by atoms with Crippen molar-refractivity contribution in [1.29, 1.82) is 0 Å². The molecule has 0 unspecified atom stereocenters. The maximum absolute atomic E-state index is 12.1. The van der Waals surface area contributed by atoms with Crippen LogP contribution in [0, 0.1) is 0 Å². The normalized spacial score (nSPS) is 22.5. The van der Waals surface area contributed by atoms with Gasteiger partial charge in [-0.1, -0.05) is 18.5 Å². The van der Waals surface area contributed by atoms with Gasteiger partial charge in [-0.05, 0) is 43.7 Å². The molecule has 1 N–H and O–H groups in total. The summed E-state index contributed by atoms with van der Waals surface area (Å²) in [6.45, 7) is 2.08. The minimum atomic E-state index is -0.330. The van der Waals surface area contributed by atoms with Crippen LogP contribution in [0.1, 0.15) is 26.2 Å². The van der Waals surface area contributed by atoms with Gasteiger partial charge < -0.3 is 10.1 Å². The number of amides is 1. The number of carbonyl (C=O) groups is 1. The summed E-state index contributed by atoms with van der Waals surface area (Å²) in [6, 6.07) is 5.55. The lowest BCUT2D eigenvalue weighted by Gasteiger charge is -2.13. The summed E-state index contributed by atoms with van der Waals surface area (Å²) in [5.41, 5.74) is 0.719. The Morgan fingerprint density at radius 1 is 1.53 bits per heavy atom. The standard InChI is InChI=1S/C14H18ClNO2S/c1-3-10-5-6-12(18-10)14(17)16-9-4-7-13(19-2)11(15)8-9/h4,7-8,10,12H,3,5-6H2,1-2H3,(H,16,17)/t10-,12-/m1/s1. The van der Waals surface area contributed by atoms with Crippen molar-refractivity contribution in [3.63, 3.8) is 0 Å². The lowest BCUT2D eigenvalue weighted by molar-refractivity contribution is -0.126. The van der Waals surface area contributed by atoms with E-state index in [2.05, 4.69) is 12.2 Å². The van der Waals surface area contributed by atoms with Crippen molar-refractivity contribution in [2.24, 2.45) is 0 Å². The SMILES string of the molecule is CC[C@@H]1CC[C@H](C(=O)Nc2ccc(SC)c(Cl)c2)O1. The van der Waals surface area contributed by atoms with E-state index in [1.807, 2.05) is 18.4 Å². The van der Waals surface area contributed by atoms with Crippen LogP contribution in [-0.4, -0.2) is 24.4 Å². The number of rotatable bonds is 4. The molecule has 1 aromatic rings. The van der Waals surface area contributed by atoms with Crippen molar-refractivity contribution >= 4 is 35.0 Å². The molecule has 1 saturated heterocycles. The number of hydrogen-bond donors (Lipinski definition) is 1. The molecule has 1 aliphatic heterocycles. The van der Waals surface area contributed by atoms with Crippen LogP contribution in [0.25, 0.3) is 0 Å². The monoisotopic (exact) mass is 299 g/mol. The number of anilines is 1. The molecule has 104 valence electrons. The zero-order valence-electron chi connectivity index (χ0n) is 11.1. The largest absolute Gasteiger partial charge is 0.365 e. The van der Waals surface area contributed by atoms with E-state index in [9.17, 15) is 4.79 Å². The first-order chi connectivity index (χ1) is 9.13. The molecule has 3 nitrogen and oxygen atoms in total. The summed E-state index contributed by atoms with van der Waals surface area (Å²) in [7, 11) is 0. The summed E-state index contributed by atoms with van der Waals surface area (Å²) >= 11 is 7.70. The molecule has 19 heavy (non-hydrogen) atoms. The molecule has 1 aliphatic rings. The fraction of sp³-hybridized carbons (Fsp3) is 0.500. The Morgan fingerprint density at radius 2 is 2.32 bits per heavy atom. The second-order valence-corrected chi connectivity index (χ2v) is 5.83. The third-order valence-corrected chi connectivity index (χ3v) is 4.50. The van der Waals surface area contributed by atoms with Gasteiger partial charge in [0.1, 0.15) is 6.10 Å². The van der Waals surface area contributed by atoms with Gasteiger partial charge in [0.15, 0.2) is 0 Å². The first-order valence-corrected chi connectivity index (χ1v) is 8.04. The Labute approximate surface area is 123 Å². The van der Waals surface area contributed by atoms with E-state index in [1.165, 1.54) is 0 Å². The Balaban J connectivity index is 1.97. The quantitative estimate of drug-likeness (QED) is 0.855. The summed E-state index contributed by atoms with van der Waals surface area (Å²) in [5, 5.41) is 3.52. The number of hydrogen-bond acceptors (Lipinski definition) is 3. The van der Waals surface area contributed by atoms with Gasteiger partial charge in [-0.25, -0.2) is 0 Å². The molecule has 5 heteroatoms. The fourth-order valence-electron chi connectivity index (χ4n) is 2.17. The number of nitrogens with one attached hydrogen (secondary N) is 1. The van der Waals surface area contributed by atoms with Crippen molar-refractivity contribution < 1.29 is 9.53 Å².